The smallest absolute Gasteiger partial charge is 0.249 e. The number of hydrogen-bond acceptors (Lipinski definition) is 4. The van der Waals surface area contributed by atoms with E-state index in [9.17, 15) is 13.6 Å². The van der Waals surface area contributed by atoms with Crippen LogP contribution in [-0.2, 0) is 16.1 Å². The number of rotatable bonds is 3. The molecule has 3 heterocycles. The Kier molecular flexibility index (Phi) is 4.69. The number of piperidine rings is 1. The zero-order valence-corrected chi connectivity index (χ0v) is 14.9. The molecule has 1 aliphatic carbocycles. The van der Waals surface area contributed by atoms with Gasteiger partial charge in [-0.15, -0.1) is 0 Å². The van der Waals surface area contributed by atoms with Gasteiger partial charge in [0.1, 0.15) is 0 Å². The number of nitrogens with zero attached hydrogens (tertiary/aromatic N) is 3. The molecule has 0 aromatic carbocycles. The van der Waals surface area contributed by atoms with E-state index in [1.807, 2.05) is 12.3 Å². The van der Waals surface area contributed by atoms with Crippen LogP contribution in [0.25, 0.3) is 0 Å². The minimum absolute atomic E-state index is 0.103. The van der Waals surface area contributed by atoms with Crippen molar-refractivity contribution in [3.63, 3.8) is 0 Å². The first-order valence-corrected chi connectivity index (χ1v) is 9.37. The summed E-state index contributed by atoms with van der Waals surface area (Å²) in [5.41, 5.74) is 0.962. The van der Waals surface area contributed by atoms with Gasteiger partial charge in [0, 0.05) is 63.9 Å². The van der Waals surface area contributed by atoms with Crippen LogP contribution < -0.4 is 0 Å². The molecule has 0 radical (unpaired) electrons. The lowest BCUT2D eigenvalue weighted by atomic mass is 9.79. The molecule has 2 saturated heterocycles. The van der Waals surface area contributed by atoms with Gasteiger partial charge in [-0.2, -0.15) is 0 Å². The lowest BCUT2D eigenvalue weighted by Gasteiger charge is -2.48. The summed E-state index contributed by atoms with van der Waals surface area (Å²) in [6.07, 6.45) is 4.62. The molecule has 2 aliphatic heterocycles. The van der Waals surface area contributed by atoms with Crippen molar-refractivity contribution in [3.05, 3.63) is 30.1 Å². The van der Waals surface area contributed by atoms with Gasteiger partial charge in [0.05, 0.1) is 12.2 Å². The predicted molar refractivity (Wildman–Crippen MR) is 91.7 cm³/mol. The Hall–Kier alpha value is -1.60. The average molecular weight is 365 g/mol. The molecule has 0 unspecified atom stereocenters. The van der Waals surface area contributed by atoms with Crippen LogP contribution in [0, 0.1) is 5.92 Å². The molecule has 0 bridgehead atoms. The highest BCUT2D eigenvalue weighted by atomic mass is 19.3. The minimum atomic E-state index is -2.64. The van der Waals surface area contributed by atoms with E-state index >= 15 is 0 Å². The summed E-state index contributed by atoms with van der Waals surface area (Å²) in [4.78, 5) is 20.7. The molecule has 1 spiro atoms. The normalized spacial score (nSPS) is 25.8. The second-order valence-corrected chi connectivity index (χ2v) is 7.89. The van der Waals surface area contributed by atoms with E-state index in [0.29, 0.717) is 19.7 Å². The fourth-order valence-corrected chi connectivity index (χ4v) is 4.34. The summed E-state index contributed by atoms with van der Waals surface area (Å²) in [7, 11) is 0. The highest BCUT2D eigenvalue weighted by Gasteiger charge is 2.50. The number of halogens is 2. The first kappa shape index (κ1) is 17.8. The average Bonchev–Trinajstić information content (AvgIpc) is 2.61. The third kappa shape index (κ3) is 3.74. The Morgan fingerprint density at radius 3 is 2.69 bits per heavy atom. The quantitative estimate of drug-likeness (QED) is 0.825. The van der Waals surface area contributed by atoms with Gasteiger partial charge in [0.2, 0.25) is 11.8 Å². The van der Waals surface area contributed by atoms with Crippen molar-refractivity contribution < 1.29 is 18.3 Å². The highest BCUT2D eigenvalue weighted by molar-refractivity contribution is 5.80. The van der Waals surface area contributed by atoms with Crippen molar-refractivity contribution in [3.8, 4) is 0 Å². The van der Waals surface area contributed by atoms with Crippen molar-refractivity contribution in [1.82, 2.24) is 14.8 Å². The maximum absolute atomic E-state index is 13.0. The number of ether oxygens (including phenoxy) is 1. The molecule has 1 aromatic heterocycles. The van der Waals surface area contributed by atoms with Crippen LogP contribution in [0.15, 0.2) is 24.5 Å². The second kappa shape index (κ2) is 6.85. The van der Waals surface area contributed by atoms with Crippen molar-refractivity contribution in [2.75, 3.05) is 32.8 Å². The van der Waals surface area contributed by atoms with Crippen LogP contribution in [-0.4, -0.2) is 65.0 Å². The van der Waals surface area contributed by atoms with E-state index in [0.717, 1.165) is 32.5 Å². The van der Waals surface area contributed by atoms with Gasteiger partial charge < -0.3 is 9.64 Å². The molecule has 1 aromatic rings. The van der Waals surface area contributed by atoms with Crippen molar-refractivity contribution in [2.24, 2.45) is 5.92 Å². The van der Waals surface area contributed by atoms with Crippen LogP contribution in [0.5, 0.6) is 0 Å². The predicted octanol–water partition coefficient (Wildman–Crippen LogP) is 2.32. The number of carbonyl (C=O) groups is 1. The fraction of sp³-hybridized carbons (Fsp3) is 0.684. The van der Waals surface area contributed by atoms with Crippen molar-refractivity contribution in [1.29, 1.82) is 0 Å². The molecule has 142 valence electrons. The van der Waals surface area contributed by atoms with E-state index in [1.165, 1.54) is 5.56 Å². The number of hydrogen-bond donors (Lipinski definition) is 0. The molecule has 0 atom stereocenters. The zero-order valence-electron chi connectivity index (χ0n) is 14.9. The number of morpholine rings is 1. The van der Waals surface area contributed by atoms with Gasteiger partial charge >= 0.3 is 0 Å². The molecule has 0 N–H and O–H groups in total. The Labute approximate surface area is 152 Å². The van der Waals surface area contributed by atoms with Gasteiger partial charge in [-0.1, -0.05) is 6.07 Å². The monoisotopic (exact) mass is 365 g/mol. The Balaban J connectivity index is 1.31. The van der Waals surface area contributed by atoms with Gasteiger partial charge in [0.25, 0.3) is 0 Å². The first-order valence-electron chi connectivity index (χ1n) is 9.37. The number of amides is 1. The maximum Gasteiger partial charge on any atom is 0.249 e. The van der Waals surface area contributed by atoms with E-state index in [-0.39, 0.29) is 24.3 Å². The molecule has 1 saturated carbocycles. The Bertz CT molecular complexity index is 639. The van der Waals surface area contributed by atoms with Crippen molar-refractivity contribution in [2.45, 2.75) is 43.8 Å². The number of aromatic nitrogens is 1. The fourth-order valence-electron chi connectivity index (χ4n) is 4.34. The molecule has 7 heteroatoms. The molecule has 4 rings (SSSR count). The summed E-state index contributed by atoms with van der Waals surface area (Å²) in [6.45, 7) is 4.45. The van der Waals surface area contributed by atoms with Crippen LogP contribution in [0.2, 0.25) is 0 Å². The number of alkyl halides is 2. The highest BCUT2D eigenvalue weighted by Crippen LogP contribution is 2.43. The van der Waals surface area contributed by atoms with Gasteiger partial charge in [-0.25, -0.2) is 8.78 Å². The van der Waals surface area contributed by atoms with Crippen LogP contribution in [0.3, 0.4) is 0 Å². The lowest BCUT2D eigenvalue weighted by molar-refractivity contribution is -0.169. The third-order valence-corrected chi connectivity index (χ3v) is 5.88. The lowest BCUT2D eigenvalue weighted by Crippen LogP contribution is -2.58. The summed E-state index contributed by atoms with van der Waals surface area (Å²) in [5, 5.41) is 0. The van der Waals surface area contributed by atoms with Crippen LogP contribution >= 0.6 is 0 Å². The van der Waals surface area contributed by atoms with E-state index in [4.69, 9.17) is 4.74 Å². The molecule has 1 amide bonds. The number of carbonyl (C=O) groups excluding carboxylic acids is 1. The minimum Gasteiger partial charge on any atom is -0.372 e. The molecule has 5 nitrogen and oxygen atoms in total. The molecule has 26 heavy (non-hydrogen) atoms. The largest absolute Gasteiger partial charge is 0.372 e. The molecule has 3 aliphatic rings. The number of likely N-dealkylation sites (tertiary alicyclic amines) is 1. The van der Waals surface area contributed by atoms with Gasteiger partial charge in [-0.05, 0) is 24.5 Å². The zero-order chi connectivity index (χ0) is 18.2. The summed E-state index contributed by atoms with van der Waals surface area (Å²) >= 11 is 0. The molecule has 3 fully saturated rings. The maximum atomic E-state index is 13.0. The Morgan fingerprint density at radius 2 is 2.04 bits per heavy atom. The second-order valence-electron chi connectivity index (χ2n) is 7.89. The van der Waals surface area contributed by atoms with E-state index < -0.39 is 11.8 Å². The first-order chi connectivity index (χ1) is 12.4. The summed E-state index contributed by atoms with van der Waals surface area (Å²) in [5.74, 6) is -3.24. The summed E-state index contributed by atoms with van der Waals surface area (Å²) < 4.78 is 32.2. The van der Waals surface area contributed by atoms with E-state index in [2.05, 4.69) is 16.0 Å². The third-order valence-electron chi connectivity index (χ3n) is 5.88. The summed E-state index contributed by atoms with van der Waals surface area (Å²) in [6, 6.07) is 4.02. The number of pyridine rings is 1. The standard InChI is InChI=1S/C19H25F2N3O2/c20-19(21)10-16(11-19)17(25)24-6-3-18(4-7-24)14-23(8-9-26-18)13-15-2-1-5-22-12-15/h1-2,5,12,16H,3-4,6-11,13-14H2. The Morgan fingerprint density at radius 1 is 1.27 bits per heavy atom. The van der Waals surface area contributed by atoms with Crippen LogP contribution in [0.1, 0.15) is 31.2 Å². The molecular weight excluding hydrogens is 340 g/mol. The SMILES string of the molecule is O=C(C1CC(F)(F)C1)N1CCC2(CC1)CN(Cc1cccnc1)CCO2. The van der Waals surface area contributed by atoms with Gasteiger partial charge in [0.15, 0.2) is 0 Å². The van der Waals surface area contributed by atoms with Crippen LogP contribution in [0.4, 0.5) is 8.78 Å². The van der Waals surface area contributed by atoms with Gasteiger partial charge in [-0.3, -0.25) is 14.7 Å². The molecular formula is C19H25F2N3O2. The van der Waals surface area contributed by atoms with E-state index in [1.54, 1.807) is 11.1 Å². The topological polar surface area (TPSA) is 45.7 Å². The van der Waals surface area contributed by atoms with Crippen molar-refractivity contribution >= 4 is 5.91 Å².